The first kappa shape index (κ1) is 26.2. The van der Waals surface area contributed by atoms with Crippen molar-refractivity contribution in [1.29, 1.82) is 0 Å². The lowest BCUT2D eigenvalue weighted by molar-refractivity contribution is 1.07. The summed E-state index contributed by atoms with van der Waals surface area (Å²) in [5.74, 6) is 1.34. The Morgan fingerprint density at radius 2 is 0.857 bits per heavy atom. The van der Waals surface area contributed by atoms with Crippen LogP contribution in [0.4, 0.5) is 0 Å². The summed E-state index contributed by atoms with van der Waals surface area (Å²) in [4.78, 5) is 15.4. The quantitative estimate of drug-likeness (QED) is 0.172. The second kappa shape index (κ2) is 13.0. The predicted octanol–water partition coefficient (Wildman–Crippen LogP) is 12.7. The minimum atomic E-state index is -0.171. The summed E-state index contributed by atoms with van der Waals surface area (Å²) in [6, 6.07) is 52.3. The molecule has 0 unspecified atom stereocenters. The van der Waals surface area contributed by atoms with E-state index in [1.165, 1.54) is 12.1 Å². The van der Waals surface area contributed by atoms with E-state index in [4.69, 9.17) is 23.2 Å². The van der Waals surface area contributed by atoms with Crippen LogP contribution >= 0.6 is 0 Å². The fraction of sp³-hybridized carbons (Fsp3) is 0. The predicted molar refractivity (Wildman–Crippen MR) is 230 cm³/mol. The minimum absolute atomic E-state index is 0.0352. The van der Waals surface area contributed by atoms with Crippen molar-refractivity contribution in [3.63, 3.8) is 0 Å². The van der Waals surface area contributed by atoms with Crippen LogP contribution < -0.4 is 0 Å². The molecule has 0 N–H and O–H groups in total. The van der Waals surface area contributed by atoms with Crippen molar-refractivity contribution in [1.82, 2.24) is 24.1 Å². The van der Waals surface area contributed by atoms with Crippen LogP contribution in [0.15, 0.2) is 200 Å². The Balaban J connectivity index is 1.19. The number of rotatable bonds is 6. The van der Waals surface area contributed by atoms with Crippen LogP contribution in [0.5, 0.6) is 0 Å². The van der Waals surface area contributed by atoms with Crippen molar-refractivity contribution < 1.29 is 8.22 Å². The molecule has 8 aromatic carbocycles. The fourth-order valence-electron chi connectivity index (χ4n) is 7.76. The molecule has 0 radical (unpaired) electrons. The van der Waals surface area contributed by atoms with Gasteiger partial charge in [0.1, 0.15) is 0 Å². The number of aromatic nitrogens is 5. The normalized spacial score (nSPS) is 13.1. The highest BCUT2D eigenvalue weighted by Gasteiger charge is 2.19. The van der Waals surface area contributed by atoms with Gasteiger partial charge in [-0.3, -0.25) is 0 Å². The first-order valence-corrected chi connectivity index (χ1v) is 18.4. The topological polar surface area (TPSA) is 48.5 Å². The molecule has 0 bridgehead atoms. The number of para-hydroxylation sites is 4. The van der Waals surface area contributed by atoms with E-state index >= 15 is 0 Å². The van der Waals surface area contributed by atoms with E-state index in [0.717, 1.165) is 49.7 Å². The Kier molecular flexibility index (Phi) is 6.10. The smallest absolute Gasteiger partial charge is 0.164 e. The van der Waals surface area contributed by atoms with Crippen LogP contribution in [0.25, 0.3) is 100 Å². The number of nitrogens with zero attached hydrogens (tertiary/aromatic N) is 5. The molecular formula is C51H33N5. The standard InChI is InChI=1S/C51H33N5/c1-4-16-34(17-5-1)37-30-38(32-40(31-37)56-45-25-13-10-22-41(45)42-23-11-14-26-46(42)56)51-53-49(35-18-6-2-7-19-35)52-50(54-51)36-28-29-48-44(33-36)43-24-12-15-27-47(43)55(48)39-20-8-3-9-21-39/h1-33H/i10D,11D,22D,23D,25D,26D. The lowest BCUT2D eigenvalue weighted by Gasteiger charge is -2.14. The Labute approximate surface area is 331 Å². The van der Waals surface area contributed by atoms with Gasteiger partial charge in [-0.05, 0) is 77.8 Å². The van der Waals surface area contributed by atoms with Crippen molar-refractivity contribution in [2.45, 2.75) is 0 Å². The third-order valence-corrected chi connectivity index (χ3v) is 10.3. The van der Waals surface area contributed by atoms with Gasteiger partial charge in [0.25, 0.3) is 0 Å². The Hall–Kier alpha value is -7.63. The summed E-state index contributed by atoms with van der Waals surface area (Å²) >= 11 is 0. The van der Waals surface area contributed by atoms with Crippen molar-refractivity contribution in [3.05, 3.63) is 200 Å². The van der Waals surface area contributed by atoms with Gasteiger partial charge < -0.3 is 9.13 Å². The van der Waals surface area contributed by atoms with Crippen molar-refractivity contribution in [2.75, 3.05) is 0 Å². The maximum atomic E-state index is 9.13. The van der Waals surface area contributed by atoms with Gasteiger partial charge in [0.2, 0.25) is 0 Å². The van der Waals surface area contributed by atoms with Crippen LogP contribution in [-0.2, 0) is 0 Å². The zero-order chi connectivity index (χ0) is 42.2. The second-order valence-corrected chi connectivity index (χ2v) is 13.6. The monoisotopic (exact) mass is 721 g/mol. The highest BCUT2D eigenvalue weighted by Crippen LogP contribution is 2.38. The van der Waals surface area contributed by atoms with Crippen LogP contribution in [-0.4, -0.2) is 24.1 Å². The SMILES string of the molecule is [2H]c1cc([2H])c2c(c1[2H])c1c([2H])c([2H])cc([2H])c1n2-c1cc(-c2ccccc2)cc(-c2nc(-c3ccccc3)nc(-c3ccc4c(c3)c3ccccc3n4-c3ccccc3)n2)c1. The molecular weight excluding hydrogens is 683 g/mol. The highest BCUT2D eigenvalue weighted by molar-refractivity contribution is 6.11. The van der Waals surface area contributed by atoms with Gasteiger partial charge in [0, 0.05) is 49.6 Å². The minimum Gasteiger partial charge on any atom is -0.309 e. The van der Waals surface area contributed by atoms with Gasteiger partial charge in [-0.1, -0.05) is 133 Å². The summed E-state index contributed by atoms with van der Waals surface area (Å²) in [5, 5.41) is 2.53. The molecule has 3 aromatic heterocycles. The lowest BCUT2D eigenvalue weighted by Crippen LogP contribution is -2.02. The molecule has 262 valence electrons. The molecule has 0 aliphatic heterocycles. The van der Waals surface area contributed by atoms with Gasteiger partial charge in [-0.15, -0.1) is 0 Å². The summed E-state index contributed by atoms with van der Waals surface area (Å²) in [6.07, 6.45) is 0. The summed E-state index contributed by atoms with van der Waals surface area (Å²) in [6.45, 7) is 0. The molecule has 0 aliphatic rings. The number of hydrogen-bond acceptors (Lipinski definition) is 3. The van der Waals surface area contributed by atoms with E-state index in [2.05, 4.69) is 47.0 Å². The number of benzene rings is 8. The van der Waals surface area contributed by atoms with Gasteiger partial charge in [-0.25, -0.2) is 15.0 Å². The van der Waals surface area contributed by atoms with E-state index in [0.29, 0.717) is 28.7 Å². The van der Waals surface area contributed by atoms with E-state index < -0.39 is 0 Å². The Bertz CT molecular complexity index is 3520. The number of fused-ring (bicyclic) bond motifs is 6. The van der Waals surface area contributed by atoms with Crippen molar-refractivity contribution in [2.24, 2.45) is 0 Å². The summed E-state index contributed by atoms with van der Waals surface area (Å²) in [5.41, 5.74) is 8.22. The average molecular weight is 722 g/mol. The van der Waals surface area contributed by atoms with E-state index in [1.54, 1.807) is 4.57 Å². The molecule has 0 saturated heterocycles. The molecule has 11 rings (SSSR count). The lowest BCUT2D eigenvalue weighted by atomic mass is 10.0. The third kappa shape index (κ3) is 5.29. The molecule has 11 aromatic rings. The maximum Gasteiger partial charge on any atom is 0.164 e. The zero-order valence-electron chi connectivity index (χ0n) is 35.8. The summed E-state index contributed by atoms with van der Waals surface area (Å²) < 4.78 is 57.2. The molecule has 5 nitrogen and oxygen atoms in total. The van der Waals surface area contributed by atoms with Gasteiger partial charge >= 0.3 is 0 Å². The number of hydrogen-bond donors (Lipinski definition) is 0. The van der Waals surface area contributed by atoms with Gasteiger partial charge in [0.05, 0.1) is 30.3 Å². The van der Waals surface area contributed by atoms with Gasteiger partial charge in [-0.2, -0.15) is 0 Å². The van der Waals surface area contributed by atoms with Crippen LogP contribution in [0.1, 0.15) is 8.22 Å². The largest absolute Gasteiger partial charge is 0.309 e. The Morgan fingerprint density at radius 1 is 0.321 bits per heavy atom. The van der Waals surface area contributed by atoms with Crippen molar-refractivity contribution >= 4 is 43.6 Å². The molecule has 0 saturated carbocycles. The fourth-order valence-corrected chi connectivity index (χ4v) is 7.76. The van der Waals surface area contributed by atoms with E-state index in [1.807, 2.05) is 109 Å². The molecule has 0 spiro atoms. The summed E-state index contributed by atoms with van der Waals surface area (Å²) in [7, 11) is 0. The van der Waals surface area contributed by atoms with Crippen LogP contribution in [0.2, 0.25) is 0 Å². The van der Waals surface area contributed by atoms with Crippen molar-refractivity contribution in [3.8, 4) is 56.7 Å². The molecule has 0 aliphatic carbocycles. The van der Waals surface area contributed by atoms with Crippen LogP contribution in [0, 0.1) is 0 Å². The maximum absolute atomic E-state index is 9.13. The van der Waals surface area contributed by atoms with E-state index in [9.17, 15) is 0 Å². The molecule has 0 atom stereocenters. The molecule has 56 heavy (non-hydrogen) atoms. The molecule has 3 heterocycles. The molecule has 5 heteroatoms. The third-order valence-electron chi connectivity index (χ3n) is 10.3. The van der Waals surface area contributed by atoms with E-state index in [-0.39, 0.29) is 58.1 Å². The Morgan fingerprint density at radius 3 is 1.55 bits per heavy atom. The molecule has 0 amide bonds. The second-order valence-electron chi connectivity index (χ2n) is 13.6. The first-order chi connectivity index (χ1) is 30.2. The zero-order valence-corrected chi connectivity index (χ0v) is 29.8. The molecule has 0 fully saturated rings. The van der Waals surface area contributed by atoms with Gasteiger partial charge in [0.15, 0.2) is 17.5 Å². The highest BCUT2D eigenvalue weighted by atomic mass is 15.0. The first-order valence-electron chi connectivity index (χ1n) is 21.4. The van der Waals surface area contributed by atoms with Crippen LogP contribution in [0.3, 0.4) is 0 Å². The average Bonchev–Trinajstić information content (AvgIpc) is 3.85.